The summed E-state index contributed by atoms with van der Waals surface area (Å²) < 4.78 is 5.73. The van der Waals surface area contributed by atoms with E-state index >= 15 is 0 Å². The lowest BCUT2D eigenvalue weighted by Gasteiger charge is -2.10. The molecule has 0 aliphatic heterocycles. The van der Waals surface area contributed by atoms with E-state index in [1.807, 2.05) is 6.07 Å². The number of hydrogen-bond donors (Lipinski definition) is 2. The van der Waals surface area contributed by atoms with E-state index in [4.69, 9.17) is 4.74 Å². The Labute approximate surface area is 194 Å². The van der Waals surface area contributed by atoms with Gasteiger partial charge in [-0.2, -0.15) is 9.97 Å². The predicted molar refractivity (Wildman–Crippen MR) is 125 cm³/mol. The van der Waals surface area contributed by atoms with Gasteiger partial charge in [0.1, 0.15) is 29.4 Å². The van der Waals surface area contributed by atoms with Crippen molar-refractivity contribution in [3.8, 4) is 17.5 Å². The number of pyridine rings is 1. The van der Waals surface area contributed by atoms with Gasteiger partial charge in [0.05, 0.1) is 5.52 Å². The molecule has 9 heteroatoms. The SMILES string of the molecule is CCCCNc1ncnc(Oc2ccc3c(c2)C(=O)C(c2nc4ccccc4cc2O)C3=O)n1. The van der Waals surface area contributed by atoms with E-state index in [0.717, 1.165) is 24.8 Å². The van der Waals surface area contributed by atoms with Crippen LogP contribution in [0.3, 0.4) is 0 Å². The van der Waals surface area contributed by atoms with Crippen LogP contribution < -0.4 is 10.1 Å². The standard InChI is InChI=1S/C25H21N5O4/c1-2-3-10-26-24-27-13-28-25(30-24)34-15-8-9-16-17(12-15)23(33)20(22(16)32)21-19(31)11-14-6-4-5-7-18(14)29-21/h4-9,11-13,20,31H,2-3,10H2,1H3,(H,26,27,28,30). The number of nitrogens with zero attached hydrogens (tertiary/aromatic N) is 4. The highest BCUT2D eigenvalue weighted by Crippen LogP contribution is 2.39. The van der Waals surface area contributed by atoms with Gasteiger partial charge in [0.2, 0.25) is 5.95 Å². The van der Waals surface area contributed by atoms with Crippen LogP contribution in [0, 0.1) is 0 Å². The van der Waals surface area contributed by atoms with Gasteiger partial charge in [0.25, 0.3) is 0 Å². The van der Waals surface area contributed by atoms with Gasteiger partial charge in [-0.25, -0.2) is 9.97 Å². The third kappa shape index (κ3) is 3.92. The normalized spacial score (nSPS) is 14.9. The number of para-hydroxylation sites is 1. The van der Waals surface area contributed by atoms with Crippen LogP contribution in [0.15, 0.2) is 54.9 Å². The van der Waals surface area contributed by atoms with Crippen molar-refractivity contribution in [3.05, 3.63) is 71.7 Å². The highest BCUT2D eigenvalue weighted by Gasteiger charge is 2.42. The van der Waals surface area contributed by atoms with E-state index in [1.54, 1.807) is 24.3 Å². The summed E-state index contributed by atoms with van der Waals surface area (Å²) in [5, 5.41) is 14.3. The average Bonchev–Trinajstić information content (AvgIpc) is 3.08. The molecule has 2 aromatic carbocycles. The number of hydrogen-bond acceptors (Lipinski definition) is 9. The molecule has 2 N–H and O–H groups in total. The van der Waals surface area contributed by atoms with Crippen LogP contribution in [-0.2, 0) is 0 Å². The number of aromatic hydroxyl groups is 1. The highest BCUT2D eigenvalue weighted by molar-refractivity contribution is 6.30. The number of Topliss-reactive ketones (excluding diaryl/α,β-unsaturated/α-hetero) is 2. The van der Waals surface area contributed by atoms with E-state index in [0.29, 0.717) is 17.2 Å². The van der Waals surface area contributed by atoms with E-state index in [1.165, 1.54) is 24.5 Å². The topological polar surface area (TPSA) is 127 Å². The van der Waals surface area contributed by atoms with Crippen molar-refractivity contribution in [2.24, 2.45) is 0 Å². The molecular weight excluding hydrogens is 434 g/mol. The Morgan fingerprint density at radius 2 is 1.82 bits per heavy atom. The maximum Gasteiger partial charge on any atom is 0.326 e. The number of rotatable bonds is 7. The summed E-state index contributed by atoms with van der Waals surface area (Å²) in [6.07, 6.45) is 3.35. The fourth-order valence-electron chi connectivity index (χ4n) is 3.91. The van der Waals surface area contributed by atoms with Gasteiger partial charge in [-0.05, 0) is 36.8 Å². The minimum atomic E-state index is -1.21. The Balaban J connectivity index is 1.42. The fourth-order valence-corrected chi connectivity index (χ4v) is 3.91. The van der Waals surface area contributed by atoms with Gasteiger partial charge < -0.3 is 15.2 Å². The van der Waals surface area contributed by atoms with Crippen molar-refractivity contribution in [2.45, 2.75) is 25.7 Å². The second-order valence-corrected chi connectivity index (χ2v) is 7.93. The zero-order chi connectivity index (χ0) is 23.7. The van der Waals surface area contributed by atoms with Crippen LogP contribution in [0.5, 0.6) is 17.5 Å². The Bertz CT molecular complexity index is 1420. The average molecular weight is 455 g/mol. The summed E-state index contributed by atoms with van der Waals surface area (Å²) in [6.45, 7) is 2.82. The number of carbonyl (C=O) groups excluding carboxylic acids is 2. The molecule has 1 aliphatic carbocycles. The first-order chi connectivity index (χ1) is 16.5. The lowest BCUT2D eigenvalue weighted by molar-refractivity contribution is 0.0886. The van der Waals surface area contributed by atoms with Crippen LogP contribution in [0.2, 0.25) is 0 Å². The van der Waals surface area contributed by atoms with E-state index in [2.05, 4.69) is 32.2 Å². The molecule has 4 aromatic rings. The third-order valence-electron chi connectivity index (χ3n) is 5.62. The second kappa shape index (κ2) is 8.86. The maximum atomic E-state index is 13.2. The molecule has 1 aliphatic rings. The number of ketones is 2. The summed E-state index contributed by atoms with van der Waals surface area (Å²) >= 11 is 0. The molecule has 2 aromatic heterocycles. The Morgan fingerprint density at radius 1 is 1.00 bits per heavy atom. The lowest BCUT2D eigenvalue weighted by atomic mass is 9.97. The van der Waals surface area contributed by atoms with Crippen LogP contribution in [-0.4, -0.2) is 43.2 Å². The van der Waals surface area contributed by atoms with Gasteiger partial charge in [-0.15, -0.1) is 0 Å². The Morgan fingerprint density at radius 3 is 2.68 bits per heavy atom. The van der Waals surface area contributed by atoms with Crippen molar-refractivity contribution in [1.29, 1.82) is 0 Å². The molecule has 0 fully saturated rings. The number of anilines is 1. The monoisotopic (exact) mass is 455 g/mol. The first kappa shape index (κ1) is 21.4. The summed E-state index contributed by atoms with van der Waals surface area (Å²) in [5.41, 5.74) is 1.10. The van der Waals surface area contributed by atoms with Crippen molar-refractivity contribution < 1.29 is 19.4 Å². The number of unbranched alkanes of at least 4 members (excludes halogenated alkanes) is 1. The van der Waals surface area contributed by atoms with Crippen molar-refractivity contribution in [2.75, 3.05) is 11.9 Å². The second-order valence-electron chi connectivity index (χ2n) is 7.93. The smallest absolute Gasteiger partial charge is 0.326 e. The number of nitrogens with one attached hydrogen (secondary N) is 1. The van der Waals surface area contributed by atoms with Crippen molar-refractivity contribution >= 4 is 28.4 Å². The van der Waals surface area contributed by atoms with E-state index < -0.39 is 17.5 Å². The van der Waals surface area contributed by atoms with Crippen LogP contribution in [0.4, 0.5) is 5.95 Å². The fraction of sp³-hybridized carbons (Fsp3) is 0.200. The van der Waals surface area contributed by atoms with Crippen LogP contribution in [0.1, 0.15) is 52.1 Å². The first-order valence-corrected chi connectivity index (χ1v) is 11.0. The predicted octanol–water partition coefficient (Wildman–Crippen LogP) is 4.29. The molecule has 0 spiro atoms. The minimum absolute atomic E-state index is 0.0487. The lowest BCUT2D eigenvalue weighted by Crippen LogP contribution is -2.14. The minimum Gasteiger partial charge on any atom is -0.506 e. The van der Waals surface area contributed by atoms with Gasteiger partial charge >= 0.3 is 6.01 Å². The Hall–Kier alpha value is -4.40. The molecule has 0 saturated carbocycles. The van der Waals surface area contributed by atoms with Gasteiger partial charge in [0.15, 0.2) is 11.6 Å². The van der Waals surface area contributed by atoms with Gasteiger partial charge in [0, 0.05) is 23.1 Å². The molecule has 34 heavy (non-hydrogen) atoms. The molecule has 0 amide bonds. The molecule has 0 bridgehead atoms. The van der Waals surface area contributed by atoms with E-state index in [-0.39, 0.29) is 28.6 Å². The number of benzene rings is 2. The summed E-state index contributed by atoms with van der Waals surface area (Å²) in [6, 6.07) is 13.4. The molecule has 1 unspecified atom stereocenters. The number of carbonyl (C=O) groups is 2. The number of fused-ring (bicyclic) bond motifs is 2. The molecule has 5 rings (SSSR count). The number of aromatic nitrogens is 4. The first-order valence-electron chi connectivity index (χ1n) is 11.0. The largest absolute Gasteiger partial charge is 0.506 e. The third-order valence-corrected chi connectivity index (χ3v) is 5.62. The molecule has 1 atom stereocenters. The van der Waals surface area contributed by atoms with Crippen LogP contribution in [0.25, 0.3) is 10.9 Å². The van der Waals surface area contributed by atoms with Crippen molar-refractivity contribution in [3.63, 3.8) is 0 Å². The van der Waals surface area contributed by atoms with Crippen molar-refractivity contribution in [1.82, 2.24) is 19.9 Å². The zero-order valence-corrected chi connectivity index (χ0v) is 18.4. The molecule has 2 heterocycles. The highest BCUT2D eigenvalue weighted by atomic mass is 16.5. The van der Waals surface area contributed by atoms with E-state index in [9.17, 15) is 14.7 Å². The van der Waals surface area contributed by atoms with Crippen LogP contribution >= 0.6 is 0 Å². The molecule has 9 nitrogen and oxygen atoms in total. The Kier molecular flexibility index (Phi) is 5.59. The molecular formula is C25H21N5O4. The van der Waals surface area contributed by atoms with Gasteiger partial charge in [-0.1, -0.05) is 31.5 Å². The zero-order valence-electron chi connectivity index (χ0n) is 18.4. The summed E-state index contributed by atoms with van der Waals surface area (Å²) in [4.78, 5) is 43.0. The summed E-state index contributed by atoms with van der Waals surface area (Å²) in [5.74, 6) is -1.55. The molecule has 0 saturated heterocycles. The van der Waals surface area contributed by atoms with Gasteiger partial charge in [-0.3, -0.25) is 9.59 Å². The molecule has 170 valence electrons. The summed E-state index contributed by atoms with van der Waals surface area (Å²) in [7, 11) is 0. The maximum absolute atomic E-state index is 13.2. The molecule has 0 radical (unpaired) electrons. The number of ether oxygens (including phenoxy) is 1. The quantitative estimate of drug-likeness (QED) is 0.310.